The van der Waals surface area contributed by atoms with E-state index < -0.39 is 0 Å². The Morgan fingerprint density at radius 1 is 1.35 bits per heavy atom. The molecule has 20 heavy (non-hydrogen) atoms. The summed E-state index contributed by atoms with van der Waals surface area (Å²) < 4.78 is 0. The maximum absolute atomic E-state index is 12.4. The number of benzene rings is 1. The predicted molar refractivity (Wildman–Crippen MR) is 76.7 cm³/mol. The van der Waals surface area contributed by atoms with Gasteiger partial charge >= 0.3 is 0 Å². The van der Waals surface area contributed by atoms with Crippen molar-refractivity contribution >= 4 is 11.6 Å². The van der Waals surface area contributed by atoms with Crippen molar-refractivity contribution in [2.45, 2.75) is 30.8 Å². The molecule has 0 spiro atoms. The van der Waals surface area contributed by atoms with Crippen LogP contribution in [-0.2, 0) is 4.79 Å². The number of para-hydroxylation sites is 1. The van der Waals surface area contributed by atoms with E-state index in [2.05, 4.69) is 36.2 Å². The van der Waals surface area contributed by atoms with Gasteiger partial charge in [-0.15, -0.1) is 0 Å². The summed E-state index contributed by atoms with van der Waals surface area (Å²) in [5.74, 6) is 0.792. The average Bonchev–Trinajstić information content (AvgIpc) is 3.27. The Balaban J connectivity index is 1.69. The third-order valence-electron chi connectivity index (χ3n) is 5.08. The summed E-state index contributed by atoms with van der Waals surface area (Å²) in [5.41, 5.74) is 2.52. The normalized spacial score (nSPS) is 31.4. The molecule has 0 radical (unpaired) electrons. The molecule has 1 saturated carbocycles. The Kier molecular flexibility index (Phi) is 2.58. The number of amides is 1. The van der Waals surface area contributed by atoms with Gasteiger partial charge in [0.25, 0.3) is 0 Å². The Morgan fingerprint density at radius 3 is 2.80 bits per heavy atom. The fourth-order valence-corrected chi connectivity index (χ4v) is 3.93. The summed E-state index contributed by atoms with van der Waals surface area (Å²) >= 11 is 0. The van der Waals surface area contributed by atoms with Gasteiger partial charge in [0, 0.05) is 31.1 Å². The van der Waals surface area contributed by atoms with E-state index in [1.54, 1.807) is 0 Å². The largest absolute Gasteiger partial charge is 0.394 e. The van der Waals surface area contributed by atoms with E-state index in [-0.39, 0.29) is 30.5 Å². The molecule has 3 aliphatic rings. The first kappa shape index (κ1) is 12.2. The number of anilines is 1. The van der Waals surface area contributed by atoms with Crippen LogP contribution < -0.4 is 4.90 Å². The zero-order chi connectivity index (χ0) is 13.9. The van der Waals surface area contributed by atoms with E-state index >= 15 is 0 Å². The molecule has 1 saturated heterocycles. The van der Waals surface area contributed by atoms with Gasteiger partial charge in [-0.05, 0) is 24.5 Å². The number of hydrogen-bond acceptors (Lipinski definition) is 3. The molecule has 4 heteroatoms. The molecule has 1 amide bonds. The molecule has 1 aromatic rings. The van der Waals surface area contributed by atoms with Crippen molar-refractivity contribution in [1.82, 2.24) is 4.90 Å². The minimum Gasteiger partial charge on any atom is -0.394 e. The van der Waals surface area contributed by atoms with Crippen molar-refractivity contribution < 1.29 is 9.90 Å². The van der Waals surface area contributed by atoms with Gasteiger partial charge in [0.15, 0.2) is 0 Å². The Morgan fingerprint density at radius 2 is 2.10 bits per heavy atom. The van der Waals surface area contributed by atoms with Gasteiger partial charge in [0.05, 0.1) is 18.7 Å². The number of carbonyl (C=O) groups excluding carboxylic acids is 1. The molecule has 2 aliphatic heterocycles. The highest BCUT2D eigenvalue weighted by Crippen LogP contribution is 2.49. The van der Waals surface area contributed by atoms with Crippen LogP contribution in [0.1, 0.15) is 24.3 Å². The number of hydrogen-bond donors (Lipinski definition) is 1. The molecular formula is C16H20N2O2. The van der Waals surface area contributed by atoms with E-state index in [0.29, 0.717) is 5.92 Å². The smallest absolute Gasteiger partial charge is 0.226 e. The van der Waals surface area contributed by atoms with Gasteiger partial charge in [-0.3, -0.25) is 4.79 Å². The number of rotatable bonds is 2. The minimum absolute atomic E-state index is 0.0250. The quantitative estimate of drug-likeness (QED) is 0.880. The molecule has 2 fully saturated rings. The average molecular weight is 272 g/mol. The maximum atomic E-state index is 12.4. The van der Waals surface area contributed by atoms with E-state index in [4.69, 9.17) is 0 Å². The van der Waals surface area contributed by atoms with Gasteiger partial charge in [0.2, 0.25) is 5.91 Å². The topological polar surface area (TPSA) is 43.8 Å². The first-order valence-electron chi connectivity index (χ1n) is 7.45. The lowest BCUT2D eigenvalue weighted by Crippen LogP contribution is -2.70. The summed E-state index contributed by atoms with van der Waals surface area (Å²) in [6.07, 6.45) is 2.05. The fraction of sp³-hybridized carbons (Fsp3) is 0.562. The summed E-state index contributed by atoms with van der Waals surface area (Å²) in [6, 6.07) is 8.59. The van der Waals surface area contributed by atoms with E-state index in [1.165, 1.54) is 11.3 Å². The van der Waals surface area contributed by atoms with Crippen molar-refractivity contribution in [1.29, 1.82) is 0 Å². The van der Waals surface area contributed by atoms with Crippen molar-refractivity contribution in [3.05, 3.63) is 29.8 Å². The zero-order valence-electron chi connectivity index (χ0n) is 11.7. The summed E-state index contributed by atoms with van der Waals surface area (Å²) in [7, 11) is 2.08. The second-order valence-electron chi connectivity index (χ2n) is 6.30. The molecule has 0 bridgehead atoms. The van der Waals surface area contributed by atoms with Crippen molar-refractivity contribution in [2.24, 2.45) is 5.92 Å². The van der Waals surface area contributed by atoms with Gasteiger partial charge in [-0.25, -0.2) is 0 Å². The van der Waals surface area contributed by atoms with Crippen LogP contribution in [0.15, 0.2) is 24.3 Å². The number of nitrogens with zero attached hydrogens (tertiary/aromatic N) is 2. The van der Waals surface area contributed by atoms with Crippen LogP contribution in [0.4, 0.5) is 5.69 Å². The van der Waals surface area contributed by atoms with Crippen LogP contribution in [0.25, 0.3) is 0 Å². The molecular weight excluding hydrogens is 252 g/mol. The number of carbonyl (C=O) groups is 1. The van der Waals surface area contributed by atoms with Crippen LogP contribution in [0.3, 0.4) is 0 Å². The van der Waals surface area contributed by atoms with Crippen LogP contribution in [0.5, 0.6) is 0 Å². The molecule has 0 aromatic heterocycles. The molecule has 4 rings (SSSR count). The molecule has 0 unspecified atom stereocenters. The van der Waals surface area contributed by atoms with Crippen molar-refractivity contribution in [3.63, 3.8) is 0 Å². The van der Waals surface area contributed by atoms with Crippen LogP contribution in [-0.4, -0.2) is 48.2 Å². The highest BCUT2D eigenvalue weighted by Gasteiger charge is 2.55. The number of aliphatic hydroxyl groups is 1. The molecule has 1 aromatic carbocycles. The van der Waals surface area contributed by atoms with Crippen LogP contribution >= 0.6 is 0 Å². The summed E-state index contributed by atoms with van der Waals surface area (Å²) in [5, 5.41) is 9.73. The van der Waals surface area contributed by atoms with Gasteiger partial charge in [-0.1, -0.05) is 18.2 Å². The molecule has 3 atom stereocenters. The third-order valence-corrected chi connectivity index (χ3v) is 5.08. The van der Waals surface area contributed by atoms with Crippen LogP contribution in [0, 0.1) is 5.92 Å². The SMILES string of the molecule is CN1C[C@@H]2[C@H](c3ccccc31)[C@@H](CO)N2C(=O)C1CC1. The van der Waals surface area contributed by atoms with E-state index in [0.717, 1.165) is 19.4 Å². The maximum Gasteiger partial charge on any atom is 0.226 e. The Labute approximate surface area is 119 Å². The van der Waals surface area contributed by atoms with Gasteiger partial charge in [-0.2, -0.15) is 0 Å². The zero-order valence-corrected chi connectivity index (χ0v) is 11.7. The monoisotopic (exact) mass is 272 g/mol. The second-order valence-corrected chi connectivity index (χ2v) is 6.30. The van der Waals surface area contributed by atoms with Gasteiger partial charge in [0.1, 0.15) is 0 Å². The standard InChI is InChI=1S/C16H20N2O2/c1-17-8-13-15(11-4-2-3-5-12(11)17)14(9-19)18(13)16(20)10-6-7-10/h2-5,10,13-15,19H,6-9H2,1H3/t13-,14-,15+/m1/s1. The number of fused-ring (bicyclic) bond motifs is 3. The molecule has 1 aliphatic carbocycles. The van der Waals surface area contributed by atoms with Crippen molar-refractivity contribution in [2.75, 3.05) is 25.1 Å². The first-order chi connectivity index (χ1) is 9.72. The highest BCUT2D eigenvalue weighted by molar-refractivity contribution is 5.84. The van der Waals surface area contributed by atoms with Crippen molar-refractivity contribution in [3.8, 4) is 0 Å². The minimum atomic E-state index is -0.0250. The third kappa shape index (κ3) is 1.54. The summed E-state index contributed by atoms with van der Waals surface area (Å²) in [4.78, 5) is 16.6. The molecule has 2 heterocycles. The highest BCUT2D eigenvalue weighted by atomic mass is 16.3. The number of likely N-dealkylation sites (tertiary alicyclic amines) is 1. The Hall–Kier alpha value is -1.55. The fourth-order valence-electron chi connectivity index (χ4n) is 3.93. The first-order valence-corrected chi connectivity index (χ1v) is 7.45. The number of likely N-dealkylation sites (N-methyl/N-ethyl adjacent to an activating group) is 1. The lowest BCUT2D eigenvalue weighted by molar-refractivity contribution is -0.151. The number of aliphatic hydroxyl groups excluding tert-OH is 1. The van der Waals surface area contributed by atoms with Crippen LogP contribution in [0.2, 0.25) is 0 Å². The summed E-state index contributed by atoms with van der Waals surface area (Å²) in [6.45, 7) is 0.939. The van der Waals surface area contributed by atoms with E-state index in [9.17, 15) is 9.90 Å². The Bertz CT molecular complexity index is 555. The lowest BCUT2D eigenvalue weighted by Gasteiger charge is -2.59. The molecule has 106 valence electrons. The molecule has 1 N–H and O–H groups in total. The lowest BCUT2D eigenvalue weighted by atomic mass is 9.72. The van der Waals surface area contributed by atoms with Gasteiger partial charge < -0.3 is 14.9 Å². The predicted octanol–water partition coefficient (Wildman–Crippen LogP) is 1.20. The van der Waals surface area contributed by atoms with E-state index in [1.807, 2.05) is 4.90 Å². The second kappa shape index (κ2) is 4.22. The molecule has 4 nitrogen and oxygen atoms in total.